The molecule has 1 aliphatic carbocycles. The Morgan fingerprint density at radius 2 is 1.86 bits per heavy atom. The van der Waals surface area contributed by atoms with Crippen LogP contribution in [0.15, 0.2) is 60.3 Å². The Labute approximate surface area is 294 Å². The average Bonchev–Trinajstić information content (AvgIpc) is 3.70. The number of hydrogen-bond acceptors (Lipinski definition) is 9. The van der Waals surface area contributed by atoms with Crippen LogP contribution in [0, 0.1) is 12.3 Å². The zero-order chi connectivity index (χ0) is 36.8. The molecule has 3 atom stereocenters. The van der Waals surface area contributed by atoms with Gasteiger partial charge < -0.3 is 25.4 Å². The van der Waals surface area contributed by atoms with E-state index in [1.807, 2.05) is 4.90 Å². The molecule has 274 valence electrons. The Kier molecular flexibility index (Phi) is 9.78. The lowest BCUT2D eigenvalue weighted by Gasteiger charge is -2.40. The molecule has 2 fully saturated rings. The van der Waals surface area contributed by atoms with Crippen molar-refractivity contribution in [1.29, 1.82) is 0 Å². The second kappa shape index (κ2) is 13.7. The van der Waals surface area contributed by atoms with Crippen LogP contribution in [-0.2, 0) is 20.7 Å². The van der Waals surface area contributed by atoms with Crippen LogP contribution in [0.3, 0.4) is 0 Å². The number of anilines is 2. The summed E-state index contributed by atoms with van der Waals surface area (Å²) in [7, 11) is 0. The lowest BCUT2D eigenvalue weighted by Crippen LogP contribution is -2.46. The molecule has 3 aliphatic rings. The van der Waals surface area contributed by atoms with Crippen LogP contribution < -0.4 is 20.7 Å². The summed E-state index contributed by atoms with van der Waals surface area (Å²) in [5.41, 5.74) is 5.32. The summed E-state index contributed by atoms with van der Waals surface area (Å²) < 4.78 is 97.4. The third-order valence-corrected chi connectivity index (χ3v) is 10.1. The number of carbonyl (C=O) groups excluding carboxylic acids is 1. The van der Waals surface area contributed by atoms with Gasteiger partial charge in [-0.25, -0.2) is 4.68 Å². The Hall–Kier alpha value is -4.31. The van der Waals surface area contributed by atoms with Gasteiger partial charge in [0, 0.05) is 43.9 Å². The normalized spacial score (nSPS) is 22.8. The van der Waals surface area contributed by atoms with Crippen molar-refractivity contribution in [2.24, 2.45) is 5.41 Å². The van der Waals surface area contributed by atoms with Crippen molar-refractivity contribution in [2.75, 3.05) is 36.9 Å². The van der Waals surface area contributed by atoms with Gasteiger partial charge in [0.25, 0.3) is 0 Å². The number of nitrogens with zero attached hydrogens (tertiary/aromatic N) is 5. The van der Waals surface area contributed by atoms with E-state index in [2.05, 4.69) is 20.4 Å². The number of allylic oxidation sites excluding steroid dienone is 3. The summed E-state index contributed by atoms with van der Waals surface area (Å²) in [6, 6.07) is 6.91. The van der Waals surface area contributed by atoms with Crippen molar-refractivity contribution in [3.05, 3.63) is 77.1 Å². The van der Waals surface area contributed by atoms with Gasteiger partial charge in [0.2, 0.25) is 17.9 Å². The number of benzene rings is 1. The molecule has 2 aliphatic heterocycles. The fraction of sp³-hybridized carbons (Fsp3) is 0.471. The van der Waals surface area contributed by atoms with Gasteiger partial charge in [0.1, 0.15) is 11.9 Å². The van der Waals surface area contributed by atoms with Gasteiger partial charge in [-0.3, -0.25) is 4.79 Å². The predicted molar refractivity (Wildman–Crippen MR) is 177 cm³/mol. The monoisotopic (exact) mass is 739 g/mol. The van der Waals surface area contributed by atoms with Crippen LogP contribution in [0.1, 0.15) is 49.4 Å². The summed E-state index contributed by atoms with van der Waals surface area (Å²) in [5, 5.41) is 7.53. The highest BCUT2D eigenvalue weighted by Gasteiger charge is 2.53. The molecule has 1 aromatic carbocycles. The Balaban J connectivity index is 1.29. The molecule has 6 rings (SSSR count). The minimum absolute atomic E-state index is 0.139. The summed E-state index contributed by atoms with van der Waals surface area (Å²) in [6.07, 6.45) is -6.87. The lowest BCUT2D eigenvalue weighted by atomic mass is 9.76. The largest absolute Gasteiger partial charge is 0.465 e. The SMILES string of the molecule is CCOC(=O)[C@@H]1CC2(CCN(c3cc(O[C@H](C4=CC=C(c5cccc(C(F)(F)F)c5)CC4(Cl)n4ccc(C)n4)C(F)(F)F)nc(N)n3)CC2)CN1. The Morgan fingerprint density at radius 3 is 2.51 bits per heavy atom. The van der Waals surface area contributed by atoms with E-state index in [4.69, 9.17) is 26.8 Å². The number of halogens is 7. The predicted octanol–water partition coefficient (Wildman–Crippen LogP) is 6.41. The van der Waals surface area contributed by atoms with E-state index in [0.29, 0.717) is 44.6 Å². The molecular formula is C34H36ClF6N7O3. The van der Waals surface area contributed by atoms with Crippen molar-refractivity contribution >= 4 is 34.9 Å². The number of carbonyl (C=O) groups is 1. The molecule has 0 bridgehead atoms. The van der Waals surface area contributed by atoms with E-state index < -0.39 is 46.5 Å². The van der Waals surface area contributed by atoms with Gasteiger partial charge in [0.15, 0.2) is 5.00 Å². The minimum Gasteiger partial charge on any atom is -0.465 e. The topological polar surface area (TPSA) is 120 Å². The highest BCUT2D eigenvalue weighted by molar-refractivity contribution is 6.24. The van der Waals surface area contributed by atoms with Gasteiger partial charge in [-0.2, -0.15) is 41.4 Å². The maximum absolute atomic E-state index is 15.0. The second-order valence-corrected chi connectivity index (χ2v) is 13.7. The van der Waals surface area contributed by atoms with Crippen molar-refractivity contribution in [2.45, 2.75) is 69.0 Å². The smallest absolute Gasteiger partial charge is 0.429 e. The van der Waals surface area contributed by atoms with Crippen molar-refractivity contribution in [1.82, 2.24) is 25.1 Å². The van der Waals surface area contributed by atoms with Gasteiger partial charge in [0.05, 0.1) is 17.9 Å². The molecule has 1 unspecified atom stereocenters. The van der Waals surface area contributed by atoms with Crippen molar-refractivity contribution in [3.63, 3.8) is 0 Å². The highest BCUT2D eigenvalue weighted by Crippen LogP contribution is 2.49. The number of nitrogens with one attached hydrogen (secondary N) is 1. The number of esters is 1. The second-order valence-electron chi connectivity index (χ2n) is 13.1. The number of hydrogen-bond donors (Lipinski definition) is 2. The molecule has 51 heavy (non-hydrogen) atoms. The molecule has 10 nitrogen and oxygen atoms in total. The molecule has 2 saturated heterocycles. The number of ether oxygens (including phenoxy) is 2. The Morgan fingerprint density at radius 1 is 1.12 bits per heavy atom. The maximum Gasteiger partial charge on any atom is 0.429 e. The molecule has 17 heteroatoms. The molecule has 0 radical (unpaired) electrons. The van der Waals surface area contributed by atoms with Crippen molar-refractivity contribution < 1.29 is 40.6 Å². The van der Waals surface area contributed by atoms with E-state index in [1.165, 1.54) is 30.5 Å². The molecule has 0 amide bonds. The van der Waals surface area contributed by atoms with Crippen LogP contribution in [0.5, 0.6) is 5.88 Å². The summed E-state index contributed by atoms with van der Waals surface area (Å²) in [6.45, 7) is 5.28. The number of nitrogens with two attached hydrogens (primary N) is 1. The summed E-state index contributed by atoms with van der Waals surface area (Å²) in [5.74, 6) is -0.780. The minimum atomic E-state index is -5.03. The number of piperidine rings is 1. The first-order valence-electron chi connectivity index (χ1n) is 16.3. The third kappa shape index (κ3) is 7.66. The van der Waals surface area contributed by atoms with Crippen LogP contribution in [0.4, 0.5) is 38.1 Å². The molecule has 3 N–H and O–H groups in total. The van der Waals surface area contributed by atoms with Gasteiger partial charge in [-0.05, 0) is 67.9 Å². The van der Waals surface area contributed by atoms with E-state index in [9.17, 15) is 31.1 Å². The number of aryl methyl sites for hydroxylation is 1. The van der Waals surface area contributed by atoms with Gasteiger partial charge in [-0.15, -0.1) is 0 Å². The molecule has 0 saturated carbocycles. The number of rotatable bonds is 8. The van der Waals surface area contributed by atoms with Crippen molar-refractivity contribution in [3.8, 4) is 5.88 Å². The van der Waals surface area contributed by atoms with Crippen LogP contribution in [0.25, 0.3) is 5.57 Å². The molecule has 3 aromatic rings. The fourth-order valence-electron chi connectivity index (χ4n) is 6.94. The zero-order valence-electron chi connectivity index (χ0n) is 27.7. The first-order chi connectivity index (χ1) is 24.0. The first-order valence-corrected chi connectivity index (χ1v) is 16.7. The van der Waals surface area contributed by atoms with Crippen LogP contribution in [0.2, 0.25) is 0 Å². The Bertz CT molecular complexity index is 1840. The number of aromatic nitrogens is 4. The highest BCUT2D eigenvalue weighted by atomic mass is 35.5. The zero-order valence-corrected chi connectivity index (χ0v) is 28.4. The van der Waals surface area contributed by atoms with Crippen LogP contribution >= 0.6 is 11.6 Å². The third-order valence-electron chi connectivity index (χ3n) is 9.58. The van der Waals surface area contributed by atoms with E-state index in [1.54, 1.807) is 19.9 Å². The number of alkyl halides is 7. The molecule has 1 spiro atoms. The number of nitrogen functional groups attached to an aromatic ring is 1. The quantitative estimate of drug-likeness (QED) is 0.154. The summed E-state index contributed by atoms with van der Waals surface area (Å²) >= 11 is 7.10. The fourth-order valence-corrected chi connectivity index (χ4v) is 7.34. The average molecular weight is 740 g/mol. The first kappa shape index (κ1) is 36.5. The molecular weight excluding hydrogens is 704 g/mol. The lowest BCUT2D eigenvalue weighted by molar-refractivity contribution is -0.186. The van der Waals surface area contributed by atoms with E-state index >= 15 is 0 Å². The van der Waals surface area contributed by atoms with Crippen LogP contribution in [-0.4, -0.2) is 70.3 Å². The standard InChI is InChI=1S/C34H36ClF6N7O3/c1-3-50-29(49)25-18-31(19-43-25)10-13-47(14-11-31)26-16-27(45-30(42)44-26)51-28(34(39,40)41)24-8-7-22(17-32(24,35)48-12-9-20(2)46-48)21-5-4-6-23(15-21)33(36,37)38/h4-9,12,15-16,25,28,43H,3,10-11,13-14,17-19H2,1-2H3,(H2,42,44,45)/t25-,28+,32?/m0/s1. The molecule has 2 aromatic heterocycles. The summed E-state index contributed by atoms with van der Waals surface area (Å²) in [4.78, 5) is 20.3. The van der Waals surface area contributed by atoms with Gasteiger partial charge >= 0.3 is 18.3 Å². The molecule has 4 heterocycles. The van der Waals surface area contributed by atoms with E-state index in [-0.39, 0.29) is 47.3 Å². The maximum atomic E-state index is 15.0. The van der Waals surface area contributed by atoms with Gasteiger partial charge in [-0.1, -0.05) is 35.9 Å². The van der Waals surface area contributed by atoms with E-state index in [0.717, 1.165) is 22.9 Å².